The molecule has 0 radical (unpaired) electrons. The van der Waals surface area contributed by atoms with E-state index in [0.717, 1.165) is 6.07 Å². The molecule has 8 nitrogen and oxygen atoms in total. The number of ether oxygens (including phenoxy) is 1. The van der Waals surface area contributed by atoms with Gasteiger partial charge in [-0.05, 0) is 37.3 Å². The molecule has 136 valence electrons. The van der Waals surface area contributed by atoms with Gasteiger partial charge in [0.25, 0.3) is 10.0 Å². The molecular weight excluding hydrogens is 366 g/mol. The van der Waals surface area contributed by atoms with Crippen molar-refractivity contribution >= 4 is 25.7 Å². The van der Waals surface area contributed by atoms with Crippen LogP contribution in [0.5, 0.6) is 0 Å². The fourth-order valence-electron chi connectivity index (χ4n) is 2.06. The summed E-state index contributed by atoms with van der Waals surface area (Å²) < 4.78 is 59.3. The molecule has 0 aliphatic carbocycles. The topological polar surface area (TPSA) is 114 Å². The van der Waals surface area contributed by atoms with E-state index >= 15 is 0 Å². The number of hydrogen-bond acceptors (Lipinski definition) is 6. The van der Waals surface area contributed by atoms with Crippen LogP contribution in [0.15, 0.2) is 58.6 Å². The summed E-state index contributed by atoms with van der Waals surface area (Å²) in [6.07, 6.45) is 2.89. The maximum absolute atomic E-state index is 12.4. The summed E-state index contributed by atoms with van der Waals surface area (Å²) in [5.74, 6) is 0. The molecule has 0 unspecified atom stereocenters. The Labute approximate surface area is 147 Å². The first-order valence-corrected chi connectivity index (χ1v) is 10.3. The number of anilines is 1. The number of sulfonamides is 2. The number of methoxy groups -OCH3 is 1. The third-order valence-corrected chi connectivity index (χ3v) is 6.10. The maximum Gasteiger partial charge on any atom is 0.261 e. The zero-order valence-electron chi connectivity index (χ0n) is 13.7. The molecule has 0 aliphatic rings. The second-order valence-corrected chi connectivity index (χ2v) is 8.69. The second kappa shape index (κ2) is 7.91. The van der Waals surface area contributed by atoms with Crippen LogP contribution in [0, 0.1) is 0 Å². The first-order chi connectivity index (χ1) is 11.7. The highest BCUT2D eigenvalue weighted by atomic mass is 32.2. The van der Waals surface area contributed by atoms with Crippen LogP contribution in [-0.2, 0) is 24.8 Å². The Balaban J connectivity index is 2.29. The maximum atomic E-state index is 12.4. The smallest absolute Gasteiger partial charge is 0.261 e. The number of benzene rings is 1. The van der Waals surface area contributed by atoms with E-state index < -0.39 is 26.1 Å². The molecule has 0 spiro atoms. The minimum Gasteiger partial charge on any atom is -0.383 e. The number of hydrogen-bond donors (Lipinski definition) is 2. The lowest BCUT2D eigenvalue weighted by atomic mass is 10.4. The summed E-state index contributed by atoms with van der Waals surface area (Å²) in [4.78, 5) is 3.50. The van der Waals surface area contributed by atoms with Crippen molar-refractivity contribution in [1.29, 1.82) is 0 Å². The SMILES string of the molecule is COC[C@H](C)NS(=O)(=O)c1cccc(S(=O)(=O)Nc2ccncc2)c1. The van der Waals surface area contributed by atoms with Gasteiger partial charge in [0, 0.05) is 25.5 Å². The van der Waals surface area contributed by atoms with Crippen molar-refractivity contribution in [3.8, 4) is 0 Å². The quantitative estimate of drug-likeness (QED) is 0.706. The molecule has 0 bridgehead atoms. The lowest BCUT2D eigenvalue weighted by molar-refractivity contribution is 0.180. The van der Waals surface area contributed by atoms with Gasteiger partial charge in [-0.15, -0.1) is 0 Å². The standard InChI is InChI=1S/C15H19N3O5S2/c1-12(11-23-2)17-24(19,20)14-4-3-5-15(10-14)25(21,22)18-13-6-8-16-9-7-13/h3-10,12,17H,11H2,1-2H3,(H,16,18)/t12-/m0/s1. The third kappa shape index (κ3) is 5.23. The van der Waals surface area contributed by atoms with Crippen molar-refractivity contribution in [1.82, 2.24) is 9.71 Å². The highest BCUT2D eigenvalue weighted by molar-refractivity contribution is 7.93. The highest BCUT2D eigenvalue weighted by Gasteiger charge is 2.21. The van der Waals surface area contributed by atoms with Crippen molar-refractivity contribution < 1.29 is 21.6 Å². The molecule has 0 aliphatic heterocycles. The van der Waals surface area contributed by atoms with Crippen molar-refractivity contribution in [3.05, 3.63) is 48.8 Å². The average molecular weight is 385 g/mol. The molecule has 25 heavy (non-hydrogen) atoms. The van der Waals surface area contributed by atoms with Crippen molar-refractivity contribution in [2.75, 3.05) is 18.4 Å². The van der Waals surface area contributed by atoms with Gasteiger partial charge in [-0.25, -0.2) is 21.6 Å². The van der Waals surface area contributed by atoms with E-state index in [2.05, 4.69) is 14.4 Å². The number of aromatic nitrogens is 1. The summed E-state index contributed by atoms with van der Waals surface area (Å²) >= 11 is 0. The summed E-state index contributed by atoms with van der Waals surface area (Å²) in [6.45, 7) is 1.84. The fourth-order valence-corrected chi connectivity index (χ4v) is 4.51. The van der Waals surface area contributed by atoms with Gasteiger partial charge in [0.2, 0.25) is 10.0 Å². The van der Waals surface area contributed by atoms with E-state index in [1.807, 2.05) is 0 Å². The first-order valence-electron chi connectivity index (χ1n) is 7.29. The molecule has 1 heterocycles. The van der Waals surface area contributed by atoms with Crippen LogP contribution in [0.4, 0.5) is 5.69 Å². The van der Waals surface area contributed by atoms with Crippen LogP contribution in [0.25, 0.3) is 0 Å². The van der Waals surface area contributed by atoms with Gasteiger partial charge >= 0.3 is 0 Å². The van der Waals surface area contributed by atoms with Crippen LogP contribution in [0.3, 0.4) is 0 Å². The van der Waals surface area contributed by atoms with Gasteiger partial charge in [-0.3, -0.25) is 9.71 Å². The van der Waals surface area contributed by atoms with E-state index in [-0.39, 0.29) is 16.4 Å². The molecule has 2 aromatic rings. The number of nitrogens with zero attached hydrogens (tertiary/aromatic N) is 1. The molecule has 1 aromatic heterocycles. The van der Waals surface area contributed by atoms with E-state index in [1.165, 1.54) is 49.8 Å². The van der Waals surface area contributed by atoms with E-state index in [1.54, 1.807) is 6.92 Å². The van der Waals surface area contributed by atoms with Crippen molar-refractivity contribution in [2.24, 2.45) is 0 Å². The van der Waals surface area contributed by atoms with E-state index in [9.17, 15) is 16.8 Å². The number of rotatable bonds is 8. The van der Waals surface area contributed by atoms with E-state index in [4.69, 9.17) is 4.74 Å². The predicted molar refractivity (Wildman–Crippen MR) is 93.1 cm³/mol. The second-order valence-electron chi connectivity index (χ2n) is 5.29. The van der Waals surface area contributed by atoms with Gasteiger partial charge in [0.05, 0.1) is 22.1 Å². The van der Waals surface area contributed by atoms with Gasteiger partial charge in [0.15, 0.2) is 0 Å². The lowest BCUT2D eigenvalue weighted by Crippen LogP contribution is -2.35. The van der Waals surface area contributed by atoms with Crippen LogP contribution >= 0.6 is 0 Å². The summed E-state index contributed by atoms with van der Waals surface area (Å²) in [7, 11) is -6.34. The summed E-state index contributed by atoms with van der Waals surface area (Å²) in [5.41, 5.74) is 0.329. The van der Waals surface area contributed by atoms with Crippen molar-refractivity contribution in [3.63, 3.8) is 0 Å². The normalized spacial score (nSPS) is 13.4. The number of nitrogens with one attached hydrogen (secondary N) is 2. The summed E-state index contributed by atoms with van der Waals surface area (Å²) in [5, 5.41) is 0. The Morgan fingerprint density at radius 1 is 1.04 bits per heavy atom. The largest absolute Gasteiger partial charge is 0.383 e. The zero-order chi connectivity index (χ0) is 18.5. The highest BCUT2D eigenvalue weighted by Crippen LogP contribution is 2.19. The molecular formula is C15H19N3O5S2. The average Bonchev–Trinajstić information content (AvgIpc) is 2.55. The molecule has 0 saturated carbocycles. The minimum atomic E-state index is -3.93. The minimum absolute atomic E-state index is 0.145. The van der Waals surface area contributed by atoms with Gasteiger partial charge in [-0.1, -0.05) is 6.07 Å². The first kappa shape index (κ1) is 19.3. The number of pyridine rings is 1. The Bertz CT molecular complexity index is 915. The van der Waals surface area contributed by atoms with E-state index in [0.29, 0.717) is 5.69 Å². The van der Waals surface area contributed by atoms with Crippen LogP contribution in [0.2, 0.25) is 0 Å². The fraction of sp³-hybridized carbons (Fsp3) is 0.267. The monoisotopic (exact) mass is 385 g/mol. The molecule has 0 amide bonds. The molecule has 10 heteroatoms. The Kier molecular flexibility index (Phi) is 6.11. The molecule has 2 rings (SSSR count). The molecule has 0 fully saturated rings. The summed E-state index contributed by atoms with van der Waals surface area (Å²) in [6, 6.07) is 7.65. The molecule has 1 atom stereocenters. The van der Waals surface area contributed by atoms with Crippen LogP contribution in [0.1, 0.15) is 6.92 Å². The zero-order valence-corrected chi connectivity index (χ0v) is 15.3. The van der Waals surface area contributed by atoms with Gasteiger partial charge in [-0.2, -0.15) is 0 Å². The van der Waals surface area contributed by atoms with Crippen LogP contribution in [-0.4, -0.2) is 41.6 Å². The van der Waals surface area contributed by atoms with Gasteiger partial charge < -0.3 is 4.74 Å². The van der Waals surface area contributed by atoms with Crippen molar-refractivity contribution in [2.45, 2.75) is 22.8 Å². The molecule has 1 aromatic carbocycles. The predicted octanol–water partition coefficient (Wildman–Crippen LogP) is 1.20. The van der Waals surface area contributed by atoms with Crippen LogP contribution < -0.4 is 9.44 Å². The Hall–Kier alpha value is -2.01. The lowest BCUT2D eigenvalue weighted by Gasteiger charge is -2.14. The Morgan fingerprint density at radius 2 is 1.64 bits per heavy atom. The van der Waals surface area contributed by atoms with Gasteiger partial charge in [0.1, 0.15) is 0 Å². The third-order valence-electron chi connectivity index (χ3n) is 3.13. The Morgan fingerprint density at radius 3 is 2.24 bits per heavy atom. The molecule has 0 saturated heterocycles. The molecule has 2 N–H and O–H groups in total.